The van der Waals surface area contributed by atoms with Crippen LogP contribution >= 0.6 is 12.2 Å². The quantitative estimate of drug-likeness (QED) is 0.312. The summed E-state index contributed by atoms with van der Waals surface area (Å²) in [4.78, 5) is 11.9. The minimum Gasteiger partial charge on any atom is -0.370 e. The van der Waals surface area contributed by atoms with Crippen molar-refractivity contribution in [2.24, 2.45) is 0 Å². The fourth-order valence-electron chi connectivity index (χ4n) is 2.17. The first-order valence-electron chi connectivity index (χ1n) is 7.11. The van der Waals surface area contributed by atoms with Gasteiger partial charge in [-0.2, -0.15) is 0 Å². The van der Waals surface area contributed by atoms with Crippen molar-refractivity contribution in [1.82, 2.24) is 10.7 Å². The highest BCUT2D eigenvalue weighted by Crippen LogP contribution is 2.21. The number of nitrogens with zero attached hydrogens (tertiary/aromatic N) is 1. The zero-order valence-electron chi connectivity index (χ0n) is 12.1. The van der Waals surface area contributed by atoms with E-state index in [1.54, 1.807) is 18.2 Å². The summed E-state index contributed by atoms with van der Waals surface area (Å²) in [6.07, 6.45) is 0. The molecular formula is C13H20N5O3S+. The first-order valence-corrected chi connectivity index (χ1v) is 7.52. The van der Waals surface area contributed by atoms with E-state index in [1.807, 2.05) is 0 Å². The van der Waals surface area contributed by atoms with Crippen molar-refractivity contribution in [2.45, 2.75) is 0 Å². The van der Waals surface area contributed by atoms with Crippen LogP contribution in [-0.2, 0) is 4.74 Å². The van der Waals surface area contributed by atoms with E-state index in [0.717, 1.165) is 39.4 Å². The number of para-hydroxylation sites is 2. The number of nitro benzene ring substituents is 1. The molecule has 0 spiro atoms. The van der Waals surface area contributed by atoms with Gasteiger partial charge >= 0.3 is 0 Å². The van der Waals surface area contributed by atoms with Gasteiger partial charge in [-0.1, -0.05) is 12.1 Å². The number of benzene rings is 1. The largest absolute Gasteiger partial charge is 0.370 e. The predicted molar refractivity (Wildman–Crippen MR) is 86.8 cm³/mol. The number of quaternary nitrogens is 1. The lowest BCUT2D eigenvalue weighted by Gasteiger charge is -2.24. The Balaban J connectivity index is 1.70. The molecule has 0 amide bonds. The number of nitrogens with one attached hydrogen (secondary N) is 4. The molecule has 1 heterocycles. The van der Waals surface area contributed by atoms with Crippen LogP contribution in [0.25, 0.3) is 0 Å². The van der Waals surface area contributed by atoms with Crippen LogP contribution in [0.5, 0.6) is 0 Å². The molecule has 0 atom stereocenters. The summed E-state index contributed by atoms with van der Waals surface area (Å²) in [7, 11) is 0. The molecule has 1 fully saturated rings. The van der Waals surface area contributed by atoms with Gasteiger partial charge in [0.15, 0.2) is 5.11 Å². The molecule has 2 rings (SSSR count). The molecule has 0 saturated carbocycles. The van der Waals surface area contributed by atoms with Gasteiger partial charge in [0.1, 0.15) is 18.8 Å². The van der Waals surface area contributed by atoms with Crippen LogP contribution in [0.4, 0.5) is 11.4 Å². The lowest BCUT2D eigenvalue weighted by Crippen LogP contribution is -3.14. The summed E-state index contributed by atoms with van der Waals surface area (Å²) in [5, 5.41) is 14.4. The predicted octanol–water partition coefficient (Wildman–Crippen LogP) is -0.699. The number of hydrogen-bond acceptors (Lipinski definition) is 5. The lowest BCUT2D eigenvalue weighted by atomic mass is 10.3. The number of hydrogen-bond donors (Lipinski definition) is 4. The minimum absolute atomic E-state index is 0.00411. The SMILES string of the molecule is O=[N+]([O-])c1ccccc1NNC(=S)NCC[NH+]1CCOCC1. The van der Waals surface area contributed by atoms with E-state index in [1.165, 1.54) is 11.0 Å². The molecule has 1 aromatic carbocycles. The van der Waals surface area contributed by atoms with Crippen LogP contribution in [0.2, 0.25) is 0 Å². The summed E-state index contributed by atoms with van der Waals surface area (Å²) in [6, 6.07) is 6.38. The van der Waals surface area contributed by atoms with Crippen molar-refractivity contribution in [3.8, 4) is 0 Å². The van der Waals surface area contributed by atoms with Gasteiger partial charge in [-0.3, -0.25) is 21.0 Å². The Kier molecular flexibility index (Phi) is 6.31. The molecule has 0 aromatic heterocycles. The van der Waals surface area contributed by atoms with Gasteiger partial charge in [0.25, 0.3) is 5.69 Å². The Morgan fingerprint density at radius 3 is 2.82 bits per heavy atom. The standard InChI is InChI=1S/C13H19N5O3S/c19-18(20)12-4-2-1-3-11(12)15-16-13(22)14-5-6-17-7-9-21-10-8-17/h1-4,15H,5-10H2,(H2,14,16,22)/p+1. The number of nitro groups is 1. The number of anilines is 1. The maximum atomic E-state index is 10.9. The summed E-state index contributed by atoms with van der Waals surface area (Å²) < 4.78 is 5.30. The Morgan fingerprint density at radius 2 is 2.09 bits per heavy atom. The van der Waals surface area contributed by atoms with Gasteiger partial charge in [0.05, 0.1) is 31.2 Å². The third-order valence-corrected chi connectivity index (χ3v) is 3.62. The van der Waals surface area contributed by atoms with Crippen molar-refractivity contribution < 1.29 is 14.6 Å². The van der Waals surface area contributed by atoms with Crippen LogP contribution < -0.4 is 21.1 Å². The third kappa shape index (κ3) is 5.10. The highest BCUT2D eigenvalue weighted by atomic mass is 32.1. The van der Waals surface area contributed by atoms with Gasteiger partial charge in [-0.25, -0.2) is 0 Å². The van der Waals surface area contributed by atoms with Gasteiger partial charge < -0.3 is 15.0 Å². The van der Waals surface area contributed by atoms with Gasteiger partial charge in [0.2, 0.25) is 0 Å². The fraction of sp³-hybridized carbons (Fsp3) is 0.462. The maximum absolute atomic E-state index is 10.9. The summed E-state index contributed by atoms with van der Waals surface area (Å²) in [5.41, 5.74) is 5.89. The second-order valence-corrected chi connectivity index (χ2v) is 5.30. The molecular weight excluding hydrogens is 306 g/mol. The fourth-order valence-corrected chi connectivity index (χ4v) is 2.32. The van der Waals surface area contributed by atoms with E-state index in [9.17, 15) is 10.1 Å². The van der Waals surface area contributed by atoms with Crippen LogP contribution in [0, 0.1) is 10.1 Å². The van der Waals surface area contributed by atoms with E-state index in [-0.39, 0.29) is 5.69 Å². The monoisotopic (exact) mass is 326 g/mol. The molecule has 0 bridgehead atoms. The van der Waals surface area contributed by atoms with Gasteiger partial charge in [-0.15, -0.1) is 0 Å². The first kappa shape index (κ1) is 16.4. The van der Waals surface area contributed by atoms with Crippen molar-refractivity contribution in [3.05, 3.63) is 34.4 Å². The molecule has 1 aliphatic heterocycles. The normalized spacial score (nSPS) is 15.1. The lowest BCUT2D eigenvalue weighted by molar-refractivity contribution is -0.906. The zero-order chi connectivity index (χ0) is 15.8. The Morgan fingerprint density at radius 1 is 1.36 bits per heavy atom. The molecule has 0 aliphatic carbocycles. The molecule has 4 N–H and O–H groups in total. The minimum atomic E-state index is -0.442. The molecule has 120 valence electrons. The highest BCUT2D eigenvalue weighted by molar-refractivity contribution is 7.80. The molecule has 0 unspecified atom stereocenters. The second-order valence-electron chi connectivity index (χ2n) is 4.89. The van der Waals surface area contributed by atoms with Gasteiger partial charge in [-0.05, 0) is 18.3 Å². The molecule has 1 aliphatic rings. The maximum Gasteiger partial charge on any atom is 0.294 e. The van der Waals surface area contributed by atoms with E-state index < -0.39 is 4.92 Å². The van der Waals surface area contributed by atoms with Crippen LogP contribution in [-0.4, -0.2) is 49.4 Å². The first-order chi connectivity index (χ1) is 10.7. The zero-order valence-corrected chi connectivity index (χ0v) is 12.9. The number of thiocarbonyl (C=S) groups is 1. The number of morpholine rings is 1. The number of ether oxygens (including phenoxy) is 1. The van der Waals surface area contributed by atoms with E-state index in [4.69, 9.17) is 17.0 Å². The summed E-state index contributed by atoms with van der Waals surface area (Å²) in [6.45, 7) is 5.32. The van der Waals surface area contributed by atoms with Crippen molar-refractivity contribution in [3.63, 3.8) is 0 Å². The molecule has 8 nitrogen and oxygen atoms in total. The van der Waals surface area contributed by atoms with E-state index in [2.05, 4.69) is 16.2 Å². The van der Waals surface area contributed by atoms with Crippen LogP contribution in [0.3, 0.4) is 0 Å². The van der Waals surface area contributed by atoms with Crippen molar-refractivity contribution in [1.29, 1.82) is 0 Å². The average Bonchev–Trinajstić information content (AvgIpc) is 2.54. The Labute approximate surface area is 133 Å². The molecule has 9 heteroatoms. The smallest absolute Gasteiger partial charge is 0.294 e. The molecule has 0 radical (unpaired) electrons. The summed E-state index contributed by atoms with van der Waals surface area (Å²) >= 11 is 5.14. The van der Waals surface area contributed by atoms with E-state index in [0.29, 0.717) is 10.8 Å². The Bertz CT molecular complexity index is 522. The van der Waals surface area contributed by atoms with Crippen LogP contribution in [0.1, 0.15) is 0 Å². The topological polar surface area (TPSA) is 92.9 Å². The number of hydrazine groups is 1. The van der Waals surface area contributed by atoms with E-state index >= 15 is 0 Å². The second kappa shape index (κ2) is 8.47. The third-order valence-electron chi connectivity index (χ3n) is 3.38. The highest BCUT2D eigenvalue weighted by Gasteiger charge is 2.14. The molecule has 1 aromatic rings. The average molecular weight is 326 g/mol. The van der Waals surface area contributed by atoms with Gasteiger partial charge in [0, 0.05) is 6.07 Å². The summed E-state index contributed by atoms with van der Waals surface area (Å²) in [5.74, 6) is 0. The Hall–Kier alpha value is -1.97. The molecule has 22 heavy (non-hydrogen) atoms. The molecule has 1 saturated heterocycles. The number of rotatable bonds is 6. The van der Waals surface area contributed by atoms with Crippen molar-refractivity contribution >= 4 is 28.7 Å². The van der Waals surface area contributed by atoms with Crippen LogP contribution in [0.15, 0.2) is 24.3 Å². The van der Waals surface area contributed by atoms with Crippen molar-refractivity contribution in [2.75, 3.05) is 44.8 Å².